The van der Waals surface area contributed by atoms with Crippen molar-refractivity contribution < 1.29 is 4.74 Å². The van der Waals surface area contributed by atoms with E-state index in [0.29, 0.717) is 6.04 Å². The van der Waals surface area contributed by atoms with Crippen LogP contribution >= 0.6 is 0 Å². The molecule has 1 atom stereocenters. The van der Waals surface area contributed by atoms with E-state index < -0.39 is 0 Å². The lowest BCUT2D eigenvalue weighted by Crippen LogP contribution is -2.26. The van der Waals surface area contributed by atoms with Gasteiger partial charge >= 0.3 is 0 Å². The highest BCUT2D eigenvalue weighted by Crippen LogP contribution is 2.28. The van der Waals surface area contributed by atoms with E-state index in [9.17, 15) is 0 Å². The number of likely N-dealkylation sites (tertiary alicyclic amines) is 1. The molecule has 19 heavy (non-hydrogen) atoms. The van der Waals surface area contributed by atoms with Crippen LogP contribution in [0.25, 0.3) is 10.9 Å². The number of likely N-dealkylation sites (N-methyl/N-ethyl adjacent to an activating group) is 1. The van der Waals surface area contributed by atoms with E-state index >= 15 is 0 Å². The molecule has 102 valence electrons. The predicted octanol–water partition coefficient (Wildman–Crippen LogP) is 2.82. The number of fused-ring (bicyclic) bond motifs is 1. The number of rotatable bonds is 3. The minimum Gasteiger partial charge on any atom is -0.497 e. The van der Waals surface area contributed by atoms with Crippen LogP contribution in [0, 0.1) is 0 Å². The summed E-state index contributed by atoms with van der Waals surface area (Å²) in [7, 11) is 6.09. The molecule has 3 heteroatoms. The number of benzene rings is 1. The maximum absolute atomic E-state index is 5.36. The molecule has 3 rings (SSSR count). The smallest absolute Gasteiger partial charge is 0.119 e. The third-order valence-corrected chi connectivity index (χ3v) is 4.41. The molecule has 0 aliphatic carbocycles. The SMILES string of the molecule is COc1ccc2c(c1)c(C[C@H]1CCCN1C)cn2C. The molecule has 0 amide bonds. The highest BCUT2D eigenvalue weighted by molar-refractivity contribution is 5.85. The Morgan fingerprint density at radius 3 is 2.84 bits per heavy atom. The first-order valence-corrected chi connectivity index (χ1v) is 7.01. The summed E-state index contributed by atoms with van der Waals surface area (Å²) in [6.07, 6.45) is 6.06. The van der Waals surface area contributed by atoms with Crippen molar-refractivity contribution >= 4 is 10.9 Å². The molecule has 0 unspecified atom stereocenters. The van der Waals surface area contributed by atoms with Crippen LogP contribution in [0.15, 0.2) is 24.4 Å². The molecule has 1 fully saturated rings. The van der Waals surface area contributed by atoms with Crippen molar-refractivity contribution in [1.82, 2.24) is 9.47 Å². The summed E-state index contributed by atoms with van der Waals surface area (Å²) in [5.41, 5.74) is 2.73. The second kappa shape index (κ2) is 4.89. The third kappa shape index (κ3) is 2.23. The number of nitrogens with zero attached hydrogens (tertiary/aromatic N) is 2. The van der Waals surface area contributed by atoms with Gasteiger partial charge in [-0.05, 0) is 56.6 Å². The second-order valence-corrected chi connectivity index (χ2v) is 5.63. The van der Waals surface area contributed by atoms with Crippen molar-refractivity contribution in [1.29, 1.82) is 0 Å². The zero-order chi connectivity index (χ0) is 13.4. The van der Waals surface area contributed by atoms with E-state index in [1.165, 1.54) is 35.9 Å². The topological polar surface area (TPSA) is 17.4 Å². The van der Waals surface area contributed by atoms with E-state index in [0.717, 1.165) is 12.2 Å². The lowest BCUT2D eigenvalue weighted by Gasteiger charge is -2.18. The standard InChI is InChI=1S/C16H22N2O/c1-17-8-4-5-13(17)9-12-11-18(2)16-7-6-14(19-3)10-15(12)16/h6-7,10-11,13H,4-5,8-9H2,1-3H3/t13-/m1/s1. The van der Waals surface area contributed by atoms with Crippen LogP contribution in [0.1, 0.15) is 18.4 Å². The zero-order valence-corrected chi connectivity index (χ0v) is 12.0. The van der Waals surface area contributed by atoms with E-state index in [1.807, 2.05) is 6.07 Å². The largest absolute Gasteiger partial charge is 0.497 e. The maximum atomic E-state index is 5.36. The van der Waals surface area contributed by atoms with Crippen molar-refractivity contribution in [3.8, 4) is 5.75 Å². The molecule has 0 radical (unpaired) electrons. The lowest BCUT2D eigenvalue weighted by atomic mass is 10.0. The molecule has 1 saturated heterocycles. The molecule has 1 aliphatic heterocycles. The predicted molar refractivity (Wildman–Crippen MR) is 78.8 cm³/mol. The molecule has 2 heterocycles. The maximum Gasteiger partial charge on any atom is 0.119 e. The fourth-order valence-electron chi connectivity index (χ4n) is 3.23. The van der Waals surface area contributed by atoms with Gasteiger partial charge in [-0.2, -0.15) is 0 Å². The Labute approximate surface area is 114 Å². The van der Waals surface area contributed by atoms with Crippen molar-refractivity contribution in [2.24, 2.45) is 7.05 Å². The Morgan fingerprint density at radius 2 is 2.16 bits per heavy atom. The average molecular weight is 258 g/mol. The minimum atomic E-state index is 0.691. The van der Waals surface area contributed by atoms with Gasteiger partial charge < -0.3 is 14.2 Å². The van der Waals surface area contributed by atoms with Crippen LogP contribution < -0.4 is 4.74 Å². The molecule has 0 saturated carbocycles. The summed E-state index contributed by atoms with van der Waals surface area (Å²) in [6, 6.07) is 7.04. The number of hydrogen-bond donors (Lipinski definition) is 0. The molecule has 0 N–H and O–H groups in total. The number of ether oxygens (including phenoxy) is 1. The van der Waals surface area contributed by atoms with Crippen molar-refractivity contribution in [3.63, 3.8) is 0 Å². The van der Waals surface area contributed by atoms with E-state index in [4.69, 9.17) is 4.74 Å². The molecule has 0 bridgehead atoms. The summed E-state index contributed by atoms with van der Waals surface area (Å²) in [4.78, 5) is 2.49. The second-order valence-electron chi connectivity index (χ2n) is 5.63. The summed E-state index contributed by atoms with van der Waals surface area (Å²) >= 11 is 0. The van der Waals surface area contributed by atoms with Gasteiger partial charge in [0.15, 0.2) is 0 Å². The summed E-state index contributed by atoms with van der Waals surface area (Å²) in [5, 5.41) is 1.34. The molecular formula is C16H22N2O. The molecule has 0 spiro atoms. The zero-order valence-electron chi connectivity index (χ0n) is 12.0. The Bertz CT molecular complexity index is 588. The van der Waals surface area contributed by atoms with Gasteiger partial charge in [-0.1, -0.05) is 0 Å². The molecule has 2 aromatic rings. The van der Waals surface area contributed by atoms with Gasteiger partial charge in [0, 0.05) is 30.2 Å². The van der Waals surface area contributed by atoms with Crippen LogP contribution in [0.4, 0.5) is 0 Å². The van der Waals surface area contributed by atoms with Crippen LogP contribution in [-0.2, 0) is 13.5 Å². The van der Waals surface area contributed by atoms with Gasteiger partial charge in [-0.15, -0.1) is 0 Å². The van der Waals surface area contributed by atoms with Crippen LogP contribution in [0.2, 0.25) is 0 Å². The van der Waals surface area contributed by atoms with Gasteiger partial charge in [-0.25, -0.2) is 0 Å². The normalized spacial score (nSPS) is 20.3. The fourth-order valence-corrected chi connectivity index (χ4v) is 3.23. The van der Waals surface area contributed by atoms with Crippen molar-refractivity contribution in [2.75, 3.05) is 20.7 Å². The Hall–Kier alpha value is -1.48. The van der Waals surface area contributed by atoms with Gasteiger partial charge in [0.2, 0.25) is 0 Å². The van der Waals surface area contributed by atoms with Crippen LogP contribution in [0.5, 0.6) is 5.75 Å². The number of methoxy groups -OCH3 is 1. The third-order valence-electron chi connectivity index (χ3n) is 4.41. The quantitative estimate of drug-likeness (QED) is 0.842. The Kier molecular flexibility index (Phi) is 3.23. The van der Waals surface area contributed by atoms with E-state index in [-0.39, 0.29) is 0 Å². The van der Waals surface area contributed by atoms with Crippen molar-refractivity contribution in [3.05, 3.63) is 30.0 Å². The first kappa shape index (κ1) is 12.5. The lowest BCUT2D eigenvalue weighted by molar-refractivity contribution is 0.309. The fraction of sp³-hybridized carbons (Fsp3) is 0.500. The monoisotopic (exact) mass is 258 g/mol. The van der Waals surface area contributed by atoms with Gasteiger partial charge in [0.05, 0.1) is 7.11 Å². The first-order valence-electron chi connectivity index (χ1n) is 7.01. The molecule has 1 aliphatic rings. The van der Waals surface area contributed by atoms with E-state index in [1.54, 1.807) is 7.11 Å². The summed E-state index contributed by atoms with van der Waals surface area (Å²) in [5.74, 6) is 0.944. The molecule has 3 nitrogen and oxygen atoms in total. The average Bonchev–Trinajstić information content (AvgIpc) is 2.95. The van der Waals surface area contributed by atoms with Crippen molar-refractivity contribution in [2.45, 2.75) is 25.3 Å². The summed E-state index contributed by atoms with van der Waals surface area (Å²) < 4.78 is 7.58. The number of aromatic nitrogens is 1. The number of aryl methyl sites for hydroxylation is 1. The number of hydrogen-bond acceptors (Lipinski definition) is 2. The van der Waals surface area contributed by atoms with Crippen LogP contribution in [0.3, 0.4) is 0 Å². The summed E-state index contributed by atoms with van der Waals surface area (Å²) in [6.45, 7) is 1.23. The van der Waals surface area contributed by atoms with E-state index in [2.05, 4.69) is 41.9 Å². The highest BCUT2D eigenvalue weighted by atomic mass is 16.5. The molecule has 1 aromatic carbocycles. The van der Waals surface area contributed by atoms with Gasteiger partial charge in [0.25, 0.3) is 0 Å². The highest BCUT2D eigenvalue weighted by Gasteiger charge is 2.22. The Balaban J connectivity index is 1.98. The molecular weight excluding hydrogens is 236 g/mol. The minimum absolute atomic E-state index is 0.691. The Morgan fingerprint density at radius 1 is 1.32 bits per heavy atom. The van der Waals surface area contributed by atoms with Gasteiger partial charge in [-0.3, -0.25) is 0 Å². The van der Waals surface area contributed by atoms with Gasteiger partial charge in [0.1, 0.15) is 5.75 Å². The van der Waals surface area contributed by atoms with Crippen LogP contribution in [-0.4, -0.2) is 36.2 Å². The first-order chi connectivity index (χ1) is 9.19. The molecule has 1 aromatic heterocycles.